The van der Waals surface area contributed by atoms with Crippen LogP contribution in [0.4, 0.5) is 5.13 Å². The molecule has 2 N–H and O–H groups in total. The number of aromatic nitrogens is 1. The number of nitrogens with zero attached hydrogens (tertiary/aromatic N) is 1. The van der Waals surface area contributed by atoms with Crippen molar-refractivity contribution in [1.82, 2.24) is 4.98 Å². The predicted octanol–water partition coefficient (Wildman–Crippen LogP) is 3.56. The average molecular weight is 230 g/mol. The van der Waals surface area contributed by atoms with E-state index in [9.17, 15) is 0 Å². The van der Waals surface area contributed by atoms with Gasteiger partial charge < -0.3 is 5.73 Å². The summed E-state index contributed by atoms with van der Waals surface area (Å²) in [6.07, 6.45) is 1.22. The number of rotatable bonds is 3. The Morgan fingerprint density at radius 1 is 1.43 bits per heavy atom. The number of nitrogens with two attached hydrogens (primary N) is 1. The first-order valence-corrected chi connectivity index (χ1v) is 6.54. The number of nitrogen functional groups attached to an aromatic ring is 1. The second kappa shape index (κ2) is 4.53. The zero-order valence-corrected chi connectivity index (χ0v) is 10.9. The molecule has 80 valence electrons. The molecule has 4 heteroatoms. The molecule has 0 fully saturated rings. The molecule has 1 rings (SSSR count). The van der Waals surface area contributed by atoms with Crippen molar-refractivity contribution in [1.29, 1.82) is 0 Å². The lowest BCUT2D eigenvalue weighted by Crippen LogP contribution is -2.05. The van der Waals surface area contributed by atoms with Gasteiger partial charge in [0, 0.05) is 0 Å². The molecule has 0 bridgehead atoms. The summed E-state index contributed by atoms with van der Waals surface area (Å²) in [6.45, 7) is 8.82. The van der Waals surface area contributed by atoms with E-state index in [-0.39, 0.29) is 0 Å². The number of thioether (sulfide) groups is 1. The van der Waals surface area contributed by atoms with Crippen LogP contribution in [0, 0.1) is 12.3 Å². The van der Waals surface area contributed by atoms with Gasteiger partial charge in [-0.05, 0) is 24.5 Å². The fourth-order valence-corrected chi connectivity index (χ4v) is 3.45. The molecule has 0 aliphatic carbocycles. The molecular formula is C10H18N2S2. The van der Waals surface area contributed by atoms with Crippen LogP contribution in [0.2, 0.25) is 0 Å². The van der Waals surface area contributed by atoms with Crippen molar-refractivity contribution in [3.8, 4) is 0 Å². The topological polar surface area (TPSA) is 38.9 Å². The monoisotopic (exact) mass is 230 g/mol. The van der Waals surface area contributed by atoms with Gasteiger partial charge in [-0.25, -0.2) is 4.98 Å². The maximum absolute atomic E-state index is 5.63. The maximum atomic E-state index is 5.63. The van der Waals surface area contributed by atoms with E-state index in [0.29, 0.717) is 10.5 Å². The second-order valence-electron chi connectivity index (χ2n) is 4.58. The SMILES string of the molecule is Cc1nc(N)sc1SCCC(C)(C)C. The van der Waals surface area contributed by atoms with Crippen molar-refractivity contribution in [2.24, 2.45) is 5.41 Å². The molecule has 0 amide bonds. The van der Waals surface area contributed by atoms with Crippen molar-refractivity contribution in [3.63, 3.8) is 0 Å². The fourth-order valence-electron chi connectivity index (χ4n) is 0.986. The van der Waals surface area contributed by atoms with E-state index >= 15 is 0 Å². The van der Waals surface area contributed by atoms with Crippen LogP contribution in [-0.4, -0.2) is 10.7 Å². The molecular weight excluding hydrogens is 212 g/mol. The van der Waals surface area contributed by atoms with Gasteiger partial charge in [-0.2, -0.15) is 0 Å². The quantitative estimate of drug-likeness (QED) is 0.807. The summed E-state index contributed by atoms with van der Waals surface area (Å²) in [5, 5.41) is 0.681. The van der Waals surface area contributed by atoms with Crippen molar-refractivity contribution >= 4 is 28.2 Å². The Kier molecular flexibility index (Phi) is 3.84. The van der Waals surface area contributed by atoms with Crippen LogP contribution in [-0.2, 0) is 0 Å². The Bertz CT molecular complexity index is 300. The van der Waals surface area contributed by atoms with Gasteiger partial charge in [0.2, 0.25) is 0 Å². The standard InChI is InChI=1S/C10H18N2S2/c1-7-8(14-9(11)12-7)13-6-5-10(2,3)4/h5-6H2,1-4H3,(H2,11,12). The van der Waals surface area contributed by atoms with E-state index in [1.54, 1.807) is 11.3 Å². The van der Waals surface area contributed by atoms with Gasteiger partial charge in [-0.1, -0.05) is 32.1 Å². The van der Waals surface area contributed by atoms with Gasteiger partial charge in [-0.15, -0.1) is 11.8 Å². The van der Waals surface area contributed by atoms with E-state index in [1.807, 2.05) is 18.7 Å². The molecule has 14 heavy (non-hydrogen) atoms. The molecule has 0 aliphatic heterocycles. The summed E-state index contributed by atoms with van der Waals surface area (Å²) in [6, 6.07) is 0. The molecule has 0 unspecified atom stereocenters. The van der Waals surface area contributed by atoms with Crippen LogP contribution in [0.25, 0.3) is 0 Å². The first-order valence-electron chi connectivity index (χ1n) is 4.74. The van der Waals surface area contributed by atoms with Crippen LogP contribution in [0.5, 0.6) is 0 Å². The van der Waals surface area contributed by atoms with E-state index in [2.05, 4.69) is 25.8 Å². The van der Waals surface area contributed by atoms with Crippen LogP contribution in [0.3, 0.4) is 0 Å². The summed E-state index contributed by atoms with van der Waals surface area (Å²) in [5.41, 5.74) is 7.12. The Balaban J connectivity index is 2.42. The summed E-state index contributed by atoms with van der Waals surface area (Å²) in [5.74, 6) is 1.14. The Hall–Kier alpha value is -0.220. The van der Waals surface area contributed by atoms with Crippen LogP contribution < -0.4 is 5.73 Å². The summed E-state index contributed by atoms with van der Waals surface area (Å²) >= 11 is 3.47. The highest BCUT2D eigenvalue weighted by atomic mass is 32.2. The molecule has 0 radical (unpaired) electrons. The molecule has 0 saturated carbocycles. The Labute approximate surface area is 94.3 Å². The smallest absolute Gasteiger partial charge is 0.181 e. The van der Waals surface area contributed by atoms with E-state index in [0.717, 1.165) is 11.4 Å². The zero-order chi connectivity index (χ0) is 10.8. The number of aryl methyl sites for hydroxylation is 1. The van der Waals surface area contributed by atoms with E-state index in [1.165, 1.54) is 10.6 Å². The Morgan fingerprint density at radius 3 is 2.50 bits per heavy atom. The lowest BCUT2D eigenvalue weighted by molar-refractivity contribution is 0.401. The van der Waals surface area contributed by atoms with Gasteiger partial charge in [-0.3, -0.25) is 0 Å². The third-order valence-corrected chi connectivity index (χ3v) is 4.21. The average Bonchev–Trinajstić information content (AvgIpc) is 2.27. The third kappa shape index (κ3) is 3.88. The van der Waals surface area contributed by atoms with Crippen LogP contribution >= 0.6 is 23.1 Å². The van der Waals surface area contributed by atoms with Gasteiger partial charge in [0.25, 0.3) is 0 Å². The highest BCUT2D eigenvalue weighted by molar-refractivity contribution is 8.01. The van der Waals surface area contributed by atoms with Crippen LogP contribution in [0.1, 0.15) is 32.9 Å². The number of hydrogen-bond acceptors (Lipinski definition) is 4. The van der Waals surface area contributed by atoms with E-state index in [4.69, 9.17) is 5.73 Å². The molecule has 1 aromatic rings. The minimum Gasteiger partial charge on any atom is -0.375 e. The largest absolute Gasteiger partial charge is 0.375 e. The Morgan fingerprint density at radius 2 is 2.07 bits per heavy atom. The van der Waals surface area contributed by atoms with Crippen molar-refractivity contribution in [2.75, 3.05) is 11.5 Å². The highest BCUT2D eigenvalue weighted by Gasteiger charge is 2.11. The molecule has 2 nitrogen and oxygen atoms in total. The lowest BCUT2D eigenvalue weighted by atomic mass is 9.94. The molecule has 1 aromatic heterocycles. The normalized spacial score (nSPS) is 12.0. The number of thiazole rings is 1. The minimum absolute atomic E-state index is 0.414. The second-order valence-corrected chi connectivity index (χ2v) is 6.98. The summed E-state index contributed by atoms with van der Waals surface area (Å²) in [7, 11) is 0. The first-order chi connectivity index (χ1) is 6.38. The lowest BCUT2D eigenvalue weighted by Gasteiger charge is -2.16. The molecule has 0 atom stereocenters. The zero-order valence-electron chi connectivity index (χ0n) is 9.26. The van der Waals surface area contributed by atoms with E-state index < -0.39 is 0 Å². The maximum Gasteiger partial charge on any atom is 0.181 e. The molecule has 0 saturated heterocycles. The predicted molar refractivity (Wildman–Crippen MR) is 66.1 cm³/mol. The van der Waals surface area contributed by atoms with Gasteiger partial charge in [0.15, 0.2) is 5.13 Å². The summed E-state index contributed by atoms with van der Waals surface area (Å²) in [4.78, 5) is 4.20. The first kappa shape index (κ1) is 11.9. The third-order valence-electron chi connectivity index (χ3n) is 1.86. The summed E-state index contributed by atoms with van der Waals surface area (Å²) < 4.78 is 1.27. The minimum atomic E-state index is 0.414. The molecule has 1 heterocycles. The van der Waals surface area contributed by atoms with Gasteiger partial charge in [0.1, 0.15) is 0 Å². The molecule has 0 spiro atoms. The van der Waals surface area contributed by atoms with Crippen molar-refractivity contribution < 1.29 is 0 Å². The number of anilines is 1. The van der Waals surface area contributed by atoms with Crippen molar-refractivity contribution in [3.05, 3.63) is 5.69 Å². The fraction of sp³-hybridized carbons (Fsp3) is 0.700. The molecule has 0 aliphatic rings. The number of hydrogen-bond donors (Lipinski definition) is 1. The van der Waals surface area contributed by atoms with Gasteiger partial charge >= 0.3 is 0 Å². The molecule has 0 aromatic carbocycles. The van der Waals surface area contributed by atoms with Crippen LogP contribution in [0.15, 0.2) is 4.21 Å². The highest BCUT2D eigenvalue weighted by Crippen LogP contribution is 2.32. The van der Waals surface area contributed by atoms with Crippen molar-refractivity contribution in [2.45, 2.75) is 38.3 Å². The van der Waals surface area contributed by atoms with Gasteiger partial charge in [0.05, 0.1) is 9.90 Å².